The Hall–Kier alpha value is -2.09. The number of para-hydroxylation sites is 1. The van der Waals surface area contributed by atoms with Crippen LogP contribution in [0.5, 0.6) is 0 Å². The molecule has 1 aromatic carbocycles. The van der Waals surface area contributed by atoms with E-state index in [9.17, 15) is 22.8 Å². The second-order valence-electron chi connectivity index (χ2n) is 4.43. The normalized spacial score (nSPS) is 11.1. The number of nitrogens with zero attached hydrogens (tertiary/aromatic N) is 1. The molecule has 0 radical (unpaired) electrons. The van der Waals surface area contributed by atoms with Gasteiger partial charge in [0, 0.05) is 13.7 Å². The number of methoxy groups -OCH3 is 1. The maximum absolute atomic E-state index is 12.8. The summed E-state index contributed by atoms with van der Waals surface area (Å²) in [6.07, 6.45) is -4.57. The largest absolute Gasteiger partial charge is 0.418 e. The lowest BCUT2D eigenvalue weighted by Crippen LogP contribution is -2.39. The van der Waals surface area contributed by atoms with Crippen LogP contribution in [0.1, 0.15) is 12.5 Å². The van der Waals surface area contributed by atoms with Crippen molar-refractivity contribution in [3.05, 3.63) is 29.8 Å². The van der Waals surface area contributed by atoms with E-state index in [1.165, 1.54) is 24.1 Å². The second-order valence-corrected chi connectivity index (χ2v) is 4.43. The number of benzene rings is 1. The van der Waals surface area contributed by atoms with Gasteiger partial charge in [0.1, 0.15) is 6.61 Å². The van der Waals surface area contributed by atoms with Crippen LogP contribution in [0.2, 0.25) is 0 Å². The highest BCUT2D eigenvalue weighted by Gasteiger charge is 2.33. The number of halogens is 3. The maximum atomic E-state index is 12.8. The van der Waals surface area contributed by atoms with E-state index in [2.05, 4.69) is 10.1 Å². The molecule has 0 aliphatic carbocycles. The molecule has 0 unspecified atom stereocenters. The summed E-state index contributed by atoms with van der Waals surface area (Å²) in [5.74, 6) is -1.12. The zero-order valence-corrected chi connectivity index (χ0v) is 12.2. The Morgan fingerprint density at radius 2 is 1.91 bits per heavy atom. The van der Waals surface area contributed by atoms with Crippen LogP contribution in [0.4, 0.5) is 18.9 Å². The summed E-state index contributed by atoms with van der Waals surface area (Å²) in [7, 11) is 1.34. The van der Waals surface area contributed by atoms with Crippen molar-refractivity contribution in [2.45, 2.75) is 13.1 Å². The van der Waals surface area contributed by atoms with Gasteiger partial charge in [0.25, 0.3) is 0 Å². The lowest BCUT2D eigenvalue weighted by molar-refractivity contribution is -0.138. The first-order chi connectivity index (χ1) is 10.3. The molecule has 0 fully saturated rings. The van der Waals surface area contributed by atoms with Crippen LogP contribution in [-0.4, -0.2) is 43.5 Å². The number of hydrogen-bond acceptors (Lipinski definition) is 3. The fourth-order valence-corrected chi connectivity index (χ4v) is 1.79. The molecule has 22 heavy (non-hydrogen) atoms. The maximum Gasteiger partial charge on any atom is 0.418 e. The molecule has 2 amide bonds. The van der Waals surface area contributed by atoms with Crippen LogP contribution in [0.15, 0.2) is 24.3 Å². The van der Waals surface area contributed by atoms with Crippen molar-refractivity contribution in [2.75, 3.05) is 32.1 Å². The van der Waals surface area contributed by atoms with Gasteiger partial charge in [0.15, 0.2) is 0 Å². The molecule has 0 atom stereocenters. The predicted octanol–water partition coefficient (Wildman–Crippen LogP) is 2.14. The Bertz CT molecular complexity index is 532. The van der Waals surface area contributed by atoms with E-state index < -0.39 is 23.6 Å². The molecule has 1 aromatic rings. The van der Waals surface area contributed by atoms with Gasteiger partial charge < -0.3 is 15.0 Å². The lowest BCUT2D eigenvalue weighted by Gasteiger charge is -2.20. The molecule has 0 bridgehead atoms. The van der Waals surface area contributed by atoms with Gasteiger partial charge in [0.05, 0.1) is 17.8 Å². The van der Waals surface area contributed by atoms with Gasteiger partial charge >= 0.3 is 6.18 Å². The third-order valence-electron chi connectivity index (χ3n) is 2.84. The fraction of sp³-hybridized carbons (Fsp3) is 0.429. The number of carbonyl (C=O) groups excluding carboxylic acids is 2. The Labute approximate surface area is 126 Å². The topological polar surface area (TPSA) is 58.6 Å². The molecule has 0 aromatic heterocycles. The molecule has 0 saturated heterocycles. The summed E-state index contributed by atoms with van der Waals surface area (Å²) in [5.41, 5.74) is -1.27. The first-order valence-corrected chi connectivity index (χ1v) is 6.52. The molecule has 1 N–H and O–H groups in total. The van der Waals surface area contributed by atoms with Gasteiger partial charge in [-0.05, 0) is 19.1 Å². The predicted molar refractivity (Wildman–Crippen MR) is 74.2 cm³/mol. The minimum absolute atomic E-state index is 0.194. The van der Waals surface area contributed by atoms with Gasteiger partial charge in [-0.15, -0.1) is 0 Å². The number of carbonyl (C=O) groups is 2. The van der Waals surface area contributed by atoms with Gasteiger partial charge in [-0.2, -0.15) is 13.2 Å². The van der Waals surface area contributed by atoms with Crippen molar-refractivity contribution in [3.63, 3.8) is 0 Å². The fourth-order valence-electron chi connectivity index (χ4n) is 1.79. The van der Waals surface area contributed by atoms with Crippen molar-refractivity contribution in [3.8, 4) is 0 Å². The molecule has 0 heterocycles. The van der Waals surface area contributed by atoms with Crippen LogP contribution in [0.3, 0.4) is 0 Å². The zero-order chi connectivity index (χ0) is 16.8. The number of alkyl halides is 3. The Kier molecular flexibility index (Phi) is 6.36. The number of ether oxygens (including phenoxy) is 1. The van der Waals surface area contributed by atoms with Crippen LogP contribution in [0.25, 0.3) is 0 Å². The SMILES string of the molecule is CCN(CC(=O)Nc1ccccc1C(F)(F)F)C(=O)COC. The second kappa shape index (κ2) is 7.79. The summed E-state index contributed by atoms with van der Waals surface area (Å²) in [6, 6.07) is 4.66. The summed E-state index contributed by atoms with van der Waals surface area (Å²) < 4.78 is 43.1. The Morgan fingerprint density at radius 1 is 1.27 bits per heavy atom. The number of hydrogen-bond donors (Lipinski definition) is 1. The standard InChI is InChI=1S/C14H17F3N2O3/c1-3-19(13(21)9-22-2)8-12(20)18-11-7-5-4-6-10(11)14(15,16)17/h4-7H,3,8-9H2,1-2H3,(H,18,20). The minimum atomic E-state index is -4.57. The van der Waals surface area contributed by atoms with E-state index >= 15 is 0 Å². The van der Waals surface area contributed by atoms with Crippen molar-refractivity contribution < 1.29 is 27.5 Å². The average Bonchev–Trinajstić information content (AvgIpc) is 2.44. The molecule has 0 saturated carbocycles. The van der Waals surface area contributed by atoms with E-state index in [0.29, 0.717) is 0 Å². The Balaban J connectivity index is 2.79. The molecule has 1 rings (SSSR count). The third kappa shape index (κ3) is 5.03. The summed E-state index contributed by atoms with van der Waals surface area (Å²) >= 11 is 0. The quantitative estimate of drug-likeness (QED) is 0.874. The van der Waals surface area contributed by atoms with Gasteiger partial charge in [-0.1, -0.05) is 12.1 Å². The number of amides is 2. The number of nitrogens with one attached hydrogen (secondary N) is 1. The van der Waals surface area contributed by atoms with Crippen LogP contribution in [0, 0.1) is 0 Å². The van der Waals surface area contributed by atoms with E-state index in [1.807, 2.05) is 0 Å². The molecular formula is C14H17F3N2O3. The number of anilines is 1. The molecule has 0 aliphatic heterocycles. The van der Waals surface area contributed by atoms with Crippen LogP contribution in [-0.2, 0) is 20.5 Å². The first kappa shape index (κ1) is 18.0. The highest BCUT2D eigenvalue weighted by molar-refractivity contribution is 5.95. The monoisotopic (exact) mass is 318 g/mol. The van der Waals surface area contributed by atoms with Crippen molar-refractivity contribution in [1.29, 1.82) is 0 Å². The molecular weight excluding hydrogens is 301 g/mol. The summed E-state index contributed by atoms with van der Waals surface area (Å²) in [6.45, 7) is 1.37. The van der Waals surface area contributed by atoms with Crippen molar-refractivity contribution in [2.24, 2.45) is 0 Å². The average molecular weight is 318 g/mol. The van der Waals surface area contributed by atoms with E-state index in [0.717, 1.165) is 12.1 Å². The van der Waals surface area contributed by atoms with Gasteiger partial charge in [-0.3, -0.25) is 9.59 Å². The molecule has 0 aliphatic rings. The summed E-state index contributed by atoms with van der Waals surface area (Å²) in [4.78, 5) is 24.7. The molecule has 122 valence electrons. The molecule has 0 spiro atoms. The zero-order valence-electron chi connectivity index (χ0n) is 12.2. The number of likely N-dealkylation sites (N-methyl/N-ethyl adjacent to an activating group) is 1. The van der Waals surface area contributed by atoms with Crippen LogP contribution < -0.4 is 5.32 Å². The van der Waals surface area contributed by atoms with Crippen LogP contribution >= 0.6 is 0 Å². The smallest absolute Gasteiger partial charge is 0.375 e. The Morgan fingerprint density at radius 3 is 2.45 bits per heavy atom. The summed E-state index contributed by atoms with van der Waals surface area (Å²) in [5, 5.41) is 2.19. The van der Waals surface area contributed by atoms with Crippen molar-refractivity contribution in [1.82, 2.24) is 4.90 Å². The minimum Gasteiger partial charge on any atom is -0.375 e. The first-order valence-electron chi connectivity index (χ1n) is 6.52. The number of rotatable bonds is 6. The van der Waals surface area contributed by atoms with E-state index in [-0.39, 0.29) is 25.4 Å². The lowest BCUT2D eigenvalue weighted by atomic mass is 10.1. The highest BCUT2D eigenvalue weighted by atomic mass is 19.4. The van der Waals surface area contributed by atoms with Gasteiger partial charge in [-0.25, -0.2) is 0 Å². The van der Waals surface area contributed by atoms with E-state index in [4.69, 9.17) is 0 Å². The molecule has 5 nitrogen and oxygen atoms in total. The highest BCUT2D eigenvalue weighted by Crippen LogP contribution is 2.34. The third-order valence-corrected chi connectivity index (χ3v) is 2.84. The molecule has 8 heteroatoms. The van der Waals surface area contributed by atoms with Crippen molar-refractivity contribution >= 4 is 17.5 Å². The van der Waals surface area contributed by atoms with E-state index in [1.54, 1.807) is 6.92 Å². The van der Waals surface area contributed by atoms with Gasteiger partial charge in [0.2, 0.25) is 11.8 Å².